The van der Waals surface area contributed by atoms with Crippen LogP contribution in [0.3, 0.4) is 0 Å². The molecule has 0 unspecified atom stereocenters. The molecule has 6 nitrogen and oxygen atoms in total. The third-order valence-electron chi connectivity index (χ3n) is 3.46. The number of hydrogen-bond acceptors (Lipinski definition) is 5. The first-order valence-electron chi connectivity index (χ1n) is 6.61. The summed E-state index contributed by atoms with van der Waals surface area (Å²) in [6, 6.07) is 7.64. The van der Waals surface area contributed by atoms with Gasteiger partial charge in [0.05, 0.1) is 28.6 Å². The largest absolute Gasteiger partial charge is 0.298 e. The second-order valence-corrected chi connectivity index (χ2v) is 7.02. The molecule has 1 aromatic carbocycles. The molecule has 1 heterocycles. The molecule has 114 valence electrons. The van der Waals surface area contributed by atoms with Gasteiger partial charge in [0, 0.05) is 17.8 Å². The van der Waals surface area contributed by atoms with Crippen LogP contribution in [0.25, 0.3) is 0 Å². The predicted octanol–water partition coefficient (Wildman–Crippen LogP) is 1.21. The van der Waals surface area contributed by atoms with Crippen molar-refractivity contribution in [1.29, 1.82) is 5.26 Å². The zero-order chi connectivity index (χ0) is 16.3. The molecular formula is C15H15N3O3S. The molecule has 0 aliphatic carbocycles. The minimum atomic E-state index is -3.52. The average Bonchev–Trinajstić information content (AvgIpc) is 2.52. The Morgan fingerprint density at radius 3 is 2.45 bits per heavy atom. The van der Waals surface area contributed by atoms with Crippen molar-refractivity contribution in [3.8, 4) is 6.07 Å². The highest BCUT2D eigenvalue weighted by molar-refractivity contribution is 7.91. The van der Waals surface area contributed by atoms with Gasteiger partial charge in [-0.2, -0.15) is 5.26 Å². The highest BCUT2D eigenvalue weighted by Gasteiger charge is 2.15. The molecule has 0 spiro atoms. The van der Waals surface area contributed by atoms with Gasteiger partial charge in [-0.15, -0.1) is 0 Å². The Labute approximate surface area is 128 Å². The van der Waals surface area contributed by atoms with Crippen molar-refractivity contribution in [2.75, 3.05) is 5.75 Å². The number of aryl methyl sites for hydroxylation is 2. The van der Waals surface area contributed by atoms with Crippen molar-refractivity contribution in [3.05, 3.63) is 57.8 Å². The van der Waals surface area contributed by atoms with E-state index in [2.05, 4.69) is 4.98 Å². The Bertz CT molecular complexity index is 891. The van der Waals surface area contributed by atoms with Gasteiger partial charge in [0.15, 0.2) is 9.84 Å². The van der Waals surface area contributed by atoms with E-state index in [1.54, 1.807) is 13.8 Å². The van der Waals surface area contributed by atoms with Crippen molar-refractivity contribution in [1.82, 2.24) is 9.55 Å². The number of nitrogens with zero attached hydrogens (tertiary/aromatic N) is 3. The zero-order valence-electron chi connectivity index (χ0n) is 12.3. The Morgan fingerprint density at radius 2 is 1.86 bits per heavy atom. The topological polar surface area (TPSA) is 92.8 Å². The van der Waals surface area contributed by atoms with Crippen LogP contribution in [0, 0.1) is 25.2 Å². The Hall–Kier alpha value is -2.46. The molecule has 0 saturated heterocycles. The van der Waals surface area contributed by atoms with E-state index in [9.17, 15) is 13.2 Å². The second kappa shape index (κ2) is 6.12. The minimum absolute atomic E-state index is 0.0370. The molecular weight excluding hydrogens is 302 g/mol. The van der Waals surface area contributed by atoms with Gasteiger partial charge in [0.1, 0.15) is 0 Å². The van der Waals surface area contributed by atoms with Gasteiger partial charge in [-0.1, -0.05) is 0 Å². The summed E-state index contributed by atoms with van der Waals surface area (Å²) < 4.78 is 25.8. The summed E-state index contributed by atoms with van der Waals surface area (Å²) in [7, 11) is -3.52. The molecule has 0 N–H and O–H groups in total. The normalized spacial score (nSPS) is 11.1. The molecule has 22 heavy (non-hydrogen) atoms. The van der Waals surface area contributed by atoms with Crippen LogP contribution in [-0.4, -0.2) is 23.7 Å². The highest BCUT2D eigenvalue weighted by Crippen LogP contribution is 2.12. The molecule has 1 aromatic heterocycles. The zero-order valence-corrected chi connectivity index (χ0v) is 13.1. The molecule has 0 atom stereocenters. The van der Waals surface area contributed by atoms with Crippen molar-refractivity contribution in [2.24, 2.45) is 0 Å². The number of sulfone groups is 1. The fraction of sp³-hybridized carbons (Fsp3) is 0.267. The number of rotatable bonds is 4. The van der Waals surface area contributed by atoms with Gasteiger partial charge in [-0.25, -0.2) is 13.4 Å². The van der Waals surface area contributed by atoms with E-state index in [0.717, 1.165) is 0 Å². The van der Waals surface area contributed by atoms with Gasteiger partial charge in [0.25, 0.3) is 5.56 Å². The van der Waals surface area contributed by atoms with Gasteiger partial charge in [0.2, 0.25) is 0 Å². The van der Waals surface area contributed by atoms with Crippen LogP contribution in [0.4, 0.5) is 0 Å². The maximum Gasteiger partial charge on any atom is 0.256 e. The standard InChI is InChI=1S/C15H15N3O3S/c1-11-12(2)17-10-18(15(11)19)7-8-22(20,21)14-5-3-13(9-16)4-6-14/h3-6,10H,7-8H2,1-2H3. The lowest BCUT2D eigenvalue weighted by atomic mass is 10.2. The third kappa shape index (κ3) is 3.23. The Balaban J connectivity index is 2.21. The van der Waals surface area contributed by atoms with E-state index in [-0.39, 0.29) is 22.8 Å². The van der Waals surface area contributed by atoms with Gasteiger partial charge < -0.3 is 0 Å². The van der Waals surface area contributed by atoms with Crippen molar-refractivity contribution >= 4 is 9.84 Å². The first-order valence-corrected chi connectivity index (χ1v) is 8.26. The minimum Gasteiger partial charge on any atom is -0.298 e. The van der Waals surface area contributed by atoms with Crippen molar-refractivity contribution in [2.45, 2.75) is 25.3 Å². The quantitative estimate of drug-likeness (QED) is 0.845. The fourth-order valence-corrected chi connectivity index (χ4v) is 3.13. The summed E-state index contributed by atoms with van der Waals surface area (Å²) in [5.74, 6) is -0.205. The molecule has 0 saturated carbocycles. The molecule has 0 aliphatic rings. The number of aromatic nitrogens is 2. The van der Waals surface area contributed by atoms with Crippen LogP contribution in [-0.2, 0) is 16.4 Å². The molecule has 0 fully saturated rings. The van der Waals surface area contributed by atoms with Crippen LogP contribution in [0.2, 0.25) is 0 Å². The maximum atomic E-state index is 12.2. The van der Waals surface area contributed by atoms with Crippen LogP contribution in [0.1, 0.15) is 16.8 Å². The lowest BCUT2D eigenvalue weighted by Crippen LogP contribution is -2.27. The molecule has 0 amide bonds. The molecule has 0 aliphatic heterocycles. The van der Waals surface area contributed by atoms with E-state index >= 15 is 0 Å². The summed E-state index contributed by atoms with van der Waals surface area (Å²) in [6.07, 6.45) is 1.36. The predicted molar refractivity (Wildman–Crippen MR) is 81.2 cm³/mol. The molecule has 7 heteroatoms. The first-order chi connectivity index (χ1) is 10.3. The maximum absolute atomic E-state index is 12.2. The number of benzene rings is 1. The number of hydrogen-bond donors (Lipinski definition) is 0. The molecule has 0 bridgehead atoms. The van der Waals surface area contributed by atoms with Crippen molar-refractivity contribution < 1.29 is 8.42 Å². The number of nitriles is 1. The summed E-state index contributed by atoms with van der Waals surface area (Å²) in [5, 5.41) is 8.72. The lowest BCUT2D eigenvalue weighted by Gasteiger charge is -2.08. The van der Waals surface area contributed by atoms with Gasteiger partial charge in [-0.05, 0) is 38.1 Å². The fourth-order valence-electron chi connectivity index (χ4n) is 1.91. The van der Waals surface area contributed by atoms with Crippen molar-refractivity contribution in [3.63, 3.8) is 0 Å². The van der Waals surface area contributed by atoms with Gasteiger partial charge in [-0.3, -0.25) is 9.36 Å². The Morgan fingerprint density at radius 1 is 1.23 bits per heavy atom. The second-order valence-electron chi connectivity index (χ2n) is 4.91. The molecule has 2 rings (SSSR count). The highest BCUT2D eigenvalue weighted by atomic mass is 32.2. The first kappa shape index (κ1) is 15.9. The van der Waals surface area contributed by atoms with Crippen LogP contribution >= 0.6 is 0 Å². The van der Waals surface area contributed by atoms with Crippen LogP contribution in [0.5, 0.6) is 0 Å². The third-order valence-corrected chi connectivity index (χ3v) is 5.17. The van der Waals surface area contributed by atoms with E-state index in [1.807, 2.05) is 6.07 Å². The van der Waals surface area contributed by atoms with Gasteiger partial charge >= 0.3 is 0 Å². The average molecular weight is 317 g/mol. The smallest absolute Gasteiger partial charge is 0.256 e. The lowest BCUT2D eigenvalue weighted by molar-refractivity contribution is 0.585. The van der Waals surface area contributed by atoms with E-state index < -0.39 is 9.84 Å². The summed E-state index contributed by atoms with van der Waals surface area (Å²) in [6.45, 7) is 3.43. The van der Waals surface area contributed by atoms with E-state index in [0.29, 0.717) is 16.8 Å². The summed E-state index contributed by atoms with van der Waals surface area (Å²) in [5.41, 5.74) is 1.31. The van der Waals surface area contributed by atoms with E-state index in [1.165, 1.54) is 35.2 Å². The SMILES string of the molecule is Cc1ncn(CCS(=O)(=O)c2ccc(C#N)cc2)c(=O)c1C. The van der Waals surface area contributed by atoms with Crippen LogP contribution in [0.15, 0.2) is 40.3 Å². The summed E-state index contributed by atoms with van der Waals surface area (Å²) in [4.78, 5) is 16.2. The Kier molecular flexibility index (Phi) is 4.43. The summed E-state index contributed by atoms with van der Waals surface area (Å²) >= 11 is 0. The molecule has 2 aromatic rings. The van der Waals surface area contributed by atoms with E-state index in [4.69, 9.17) is 5.26 Å². The molecule has 0 radical (unpaired) electrons. The monoisotopic (exact) mass is 317 g/mol. The van der Waals surface area contributed by atoms with Crippen LogP contribution < -0.4 is 5.56 Å².